The number of azo groups is 1. The second-order valence-electron chi connectivity index (χ2n) is 7.31. The minimum atomic E-state index is -4.97. The first kappa shape index (κ1) is 27.4. The molecule has 0 unspecified atom stereocenters. The molecule has 18 heteroatoms. The van der Waals surface area contributed by atoms with Gasteiger partial charge in [-0.2, -0.15) is 31.8 Å². The summed E-state index contributed by atoms with van der Waals surface area (Å²) in [5.74, 6) is -0.637. The molecule has 0 spiro atoms. The first-order valence-electron chi connectivity index (χ1n) is 9.95. The molecule has 1 aromatic heterocycles. The lowest BCUT2D eigenvalue weighted by Gasteiger charge is -2.11. The predicted molar refractivity (Wildman–Crippen MR) is 136 cm³/mol. The lowest BCUT2D eigenvalue weighted by Crippen LogP contribution is -2.01. The third kappa shape index (κ3) is 5.90. The van der Waals surface area contributed by atoms with Gasteiger partial charge in [0, 0.05) is 17.1 Å². The van der Waals surface area contributed by atoms with Crippen molar-refractivity contribution >= 4 is 77.2 Å². The van der Waals surface area contributed by atoms with Gasteiger partial charge in [0.25, 0.3) is 20.2 Å². The third-order valence-electron chi connectivity index (χ3n) is 4.87. The molecule has 0 aliphatic rings. The van der Waals surface area contributed by atoms with E-state index < -0.39 is 47.2 Å². The van der Waals surface area contributed by atoms with Gasteiger partial charge in [-0.15, -0.1) is 10.2 Å². The topological polar surface area (TPSA) is 214 Å². The summed E-state index contributed by atoms with van der Waals surface area (Å²) in [6.45, 7) is 0. The van der Waals surface area contributed by atoms with Crippen molar-refractivity contribution in [3.63, 3.8) is 0 Å². The molecular formula is C20H14Cl2N6O8S2. The molecule has 0 amide bonds. The zero-order valence-corrected chi connectivity index (χ0v) is 21.9. The molecule has 0 saturated heterocycles. The largest absolute Gasteiger partial charge is 0.505 e. The highest BCUT2D eigenvalue weighted by Crippen LogP contribution is 2.42. The van der Waals surface area contributed by atoms with Gasteiger partial charge in [-0.3, -0.25) is 9.11 Å². The molecule has 4 rings (SSSR count). The number of phenols is 1. The second-order valence-corrected chi connectivity index (χ2v) is 10.8. The van der Waals surface area contributed by atoms with Crippen molar-refractivity contribution in [2.45, 2.75) is 9.79 Å². The van der Waals surface area contributed by atoms with Crippen LogP contribution in [0.3, 0.4) is 0 Å². The number of aromatic hydroxyl groups is 1. The molecule has 0 atom stereocenters. The summed E-state index contributed by atoms with van der Waals surface area (Å²) in [5.41, 5.74) is -0.765. The van der Waals surface area contributed by atoms with E-state index in [2.05, 4.69) is 30.5 Å². The van der Waals surface area contributed by atoms with Crippen LogP contribution in [-0.2, 0) is 20.2 Å². The van der Waals surface area contributed by atoms with E-state index in [1.54, 1.807) is 0 Å². The molecule has 0 aliphatic heterocycles. The van der Waals surface area contributed by atoms with Gasteiger partial charge >= 0.3 is 0 Å². The number of aromatic nitrogens is 3. The third-order valence-corrected chi connectivity index (χ3v) is 6.96. The number of nitrogens with zero attached hydrogens (tertiary/aromatic N) is 5. The van der Waals surface area contributed by atoms with Crippen molar-refractivity contribution in [3.8, 4) is 11.5 Å². The van der Waals surface area contributed by atoms with Crippen molar-refractivity contribution in [1.82, 2.24) is 15.0 Å². The Bertz CT molecular complexity index is 1820. The summed E-state index contributed by atoms with van der Waals surface area (Å²) in [7, 11) is -8.50. The highest BCUT2D eigenvalue weighted by molar-refractivity contribution is 7.86. The summed E-state index contributed by atoms with van der Waals surface area (Å²) >= 11 is 11.5. The Kier molecular flexibility index (Phi) is 7.37. The van der Waals surface area contributed by atoms with Gasteiger partial charge in [0.1, 0.15) is 26.9 Å². The summed E-state index contributed by atoms with van der Waals surface area (Å²) in [6.07, 6.45) is 0. The van der Waals surface area contributed by atoms with E-state index in [4.69, 9.17) is 27.9 Å². The van der Waals surface area contributed by atoms with Crippen LogP contribution in [0.4, 0.5) is 23.0 Å². The predicted octanol–water partition coefficient (Wildman–Crippen LogP) is 4.70. The molecule has 4 aromatic rings. The van der Waals surface area contributed by atoms with Gasteiger partial charge in [-0.1, -0.05) is 0 Å². The standard InChI is InChI=1S/C20H14Cl2N6O8S2/c1-36-11-3-5-13(14(8-11)37(30,31)32)27-28-16-15(38(33,34)35)7-9-6-10(2-4-12(9)17(16)29)23-20-25-18(21)24-19(22)26-20/h2-8,29H,1H3,(H,30,31,32)(H,33,34,35)(H,23,24,25,26). The molecule has 14 nitrogen and oxygen atoms in total. The van der Waals surface area contributed by atoms with Gasteiger partial charge in [0.2, 0.25) is 16.5 Å². The van der Waals surface area contributed by atoms with Crippen LogP contribution in [0.25, 0.3) is 10.8 Å². The fourth-order valence-corrected chi connectivity index (χ4v) is 4.91. The van der Waals surface area contributed by atoms with Crippen molar-refractivity contribution in [2.75, 3.05) is 12.4 Å². The van der Waals surface area contributed by atoms with Crippen LogP contribution < -0.4 is 10.1 Å². The highest BCUT2D eigenvalue weighted by atomic mass is 35.5. The van der Waals surface area contributed by atoms with E-state index in [-0.39, 0.29) is 33.0 Å². The number of hydrogen-bond donors (Lipinski definition) is 4. The van der Waals surface area contributed by atoms with E-state index in [1.807, 2.05) is 0 Å². The Morgan fingerprint density at radius 2 is 1.53 bits per heavy atom. The SMILES string of the molecule is COc1ccc(N=Nc2c(S(=O)(=O)O)cc3cc(Nc4nc(Cl)nc(Cl)n4)ccc3c2O)c(S(=O)(=O)O)c1. The zero-order chi connectivity index (χ0) is 27.8. The fourth-order valence-electron chi connectivity index (χ4n) is 3.25. The average molecular weight is 601 g/mol. The van der Waals surface area contributed by atoms with Gasteiger partial charge in [0.05, 0.1) is 7.11 Å². The fraction of sp³-hybridized carbons (Fsp3) is 0.0500. The van der Waals surface area contributed by atoms with E-state index in [9.17, 15) is 31.0 Å². The Hall–Kier alpha value is -3.67. The van der Waals surface area contributed by atoms with Crippen LogP contribution in [0.5, 0.6) is 11.5 Å². The molecular weight excluding hydrogens is 587 g/mol. The van der Waals surface area contributed by atoms with E-state index in [1.165, 1.54) is 31.4 Å². The summed E-state index contributed by atoms with van der Waals surface area (Å²) < 4.78 is 72.1. The number of halogens is 2. The van der Waals surface area contributed by atoms with Gasteiger partial charge in [-0.25, -0.2) is 0 Å². The lowest BCUT2D eigenvalue weighted by molar-refractivity contribution is 0.412. The molecule has 0 aliphatic carbocycles. The Balaban J connectivity index is 1.84. The molecule has 198 valence electrons. The maximum Gasteiger partial charge on any atom is 0.296 e. The number of anilines is 2. The maximum atomic E-state index is 12.1. The molecule has 38 heavy (non-hydrogen) atoms. The molecule has 0 radical (unpaired) electrons. The zero-order valence-electron chi connectivity index (χ0n) is 18.7. The van der Waals surface area contributed by atoms with Crippen molar-refractivity contribution in [1.29, 1.82) is 0 Å². The van der Waals surface area contributed by atoms with E-state index >= 15 is 0 Å². The first-order valence-corrected chi connectivity index (χ1v) is 13.6. The summed E-state index contributed by atoms with van der Waals surface area (Å²) in [5, 5.41) is 20.9. The minimum absolute atomic E-state index is 0.0203. The Morgan fingerprint density at radius 3 is 2.13 bits per heavy atom. The number of ether oxygens (including phenoxy) is 1. The van der Waals surface area contributed by atoms with Crippen molar-refractivity contribution in [2.24, 2.45) is 10.2 Å². The number of benzene rings is 3. The number of rotatable bonds is 7. The Labute approximate surface area is 224 Å². The van der Waals surface area contributed by atoms with Gasteiger partial charge in [0.15, 0.2) is 5.75 Å². The first-order chi connectivity index (χ1) is 17.8. The number of fused-ring (bicyclic) bond motifs is 1. The number of hydrogen-bond acceptors (Lipinski definition) is 12. The average Bonchev–Trinajstić information content (AvgIpc) is 2.81. The van der Waals surface area contributed by atoms with Crippen LogP contribution in [0.1, 0.15) is 0 Å². The van der Waals surface area contributed by atoms with Crippen molar-refractivity contribution < 1.29 is 35.8 Å². The van der Waals surface area contributed by atoms with Crippen LogP contribution in [-0.4, -0.2) is 53.1 Å². The Morgan fingerprint density at radius 1 is 0.868 bits per heavy atom. The van der Waals surface area contributed by atoms with Crippen LogP contribution >= 0.6 is 23.2 Å². The molecule has 0 bridgehead atoms. The number of methoxy groups -OCH3 is 1. The van der Waals surface area contributed by atoms with Crippen molar-refractivity contribution in [3.05, 3.63) is 53.0 Å². The molecule has 4 N–H and O–H groups in total. The normalized spacial score (nSPS) is 12.2. The maximum absolute atomic E-state index is 12.1. The number of phenolic OH excluding ortho intramolecular Hbond substituents is 1. The number of nitrogens with one attached hydrogen (secondary N) is 1. The molecule has 0 saturated carbocycles. The summed E-state index contributed by atoms with van der Waals surface area (Å²) in [4.78, 5) is 9.80. The molecule has 3 aromatic carbocycles. The van der Waals surface area contributed by atoms with Gasteiger partial charge in [-0.05, 0) is 65.0 Å². The molecule has 0 fully saturated rings. The quantitative estimate of drug-likeness (QED) is 0.168. The van der Waals surface area contributed by atoms with E-state index in [0.29, 0.717) is 5.69 Å². The van der Waals surface area contributed by atoms with Crippen LogP contribution in [0.2, 0.25) is 10.6 Å². The second kappa shape index (κ2) is 10.2. The molecule has 1 heterocycles. The minimum Gasteiger partial charge on any atom is -0.505 e. The smallest absolute Gasteiger partial charge is 0.296 e. The summed E-state index contributed by atoms with van der Waals surface area (Å²) in [6, 6.07) is 8.69. The van der Waals surface area contributed by atoms with Crippen LogP contribution in [0.15, 0.2) is 62.5 Å². The highest BCUT2D eigenvalue weighted by Gasteiger charge is 2.23. The van der Waals surface area contributed by atoms with Crippen LogP contribution in [0, 0.1) is 0 Å². The monoisotopic (exact) mass is 600 g/mol. The van der Waals surface area contributed by atoms with Gasteiger partial charge < -0.3 is 15.2 Å². The lowest BCUT2D eigenvalue weighted by atomic mass is 10.1. The van der Waals surface area contributed by atoms with E-state index in [0.717, 1.165) is 18.2 Å².